The Bertz CT molecular complexity index is 601. The molecule has 2 aromatic heterocycles. The standard InChI is InChI=1S/C16H24N4O/c1-12(2)14-10-16(20-15(18-14)7-8-17-20)19(3)11-13-6-4-5-9-21-13/h7-8,10,12-13H,4-6,9,11H2,1-3H3/t13-/m1/s1. The lowest BCUT2D eigenvalue weighted by molar-refractivity contribution is 0.0215. The molecule has 1 aliphatic heterocycles. The van der Waals surface area contributed by atoms with Gasteiger partial charge in [0.2, 0.25) is 0 Å². The second-order valence-electron chi connectivity index (χ2n) is 6.16. The molecule has 0 unspecified atom stereocenters. The summed E-state index contributed by atoms with van der Waals surface area (Å²) in [7, 11) is 2.11. The highest BCUT2D eigenvalue weighted by Crippen LogP contribution is 2.22. The Hall–Kier alpha value is -1.62. The molecule has 0 radical (unpaired) electrons. The first kappa shape index (κ1) is 14.3. The van der Waals surface area contributed by atoms with Crippen molar-refractivity contribution in [3.05, 3.63) is 24.0 Å². The first-order valence-electron chi connectivity index (χ1n) is 7.82. The quantitative estimate of drug-likeness (QED) is 0.867. The first-order valence-corrected chi connectivity index (χ1v) is 7.82. The Morgan fingerprint density at radius 3 is 3.00 bits per heavy atom. The molecule has 5 heteroatoms. The molecule has 1 aliphatic rings. The van der Waals surface area contributed by atoms with Crippen molar-refractivity contribution >= 4 is 11.5 Å². The third-order valence-electron chi connectivity index (χ3n) is 4.09. The van der Waals surface area contributed by atoms with Crippen molar-refractivity contribution in [2.75, 3.05) is 25.1 Å². The summed E-state index contributed by atoms with van der Waals surface area (Å²) >= 11 is 0. The zero-order valence-electron chi connectivity index (χ0n) is 13.1. The smallest absolute Gasteiger partial charge is 0.157 e. The van der Waals surface area contributed by atoms with E-state index >= 15 is 0 Å². The van der Waals surface area contributed by atoms with E-state index in [0.717, 1.165) is 36.7 Å². The Morgan fingerprint density at radius 2 is 2.29 bits per heavy atom. The summed E-state index contributed by atoms with van der Waals surface area (Å²) in [6, 6.07) is 4.10. The lowest BCUT2D eigenvalue weighted by atomic mass is 10.1. The van der Waals surface area contributed by atoms with E-state index in [4.69, 9.17) is 4.74 Å². The van der Waals surface area contributed by atoms with Crippen molar-refractivity contribution in [1.82, 2.24) is 14.6 Å². The Morgan fingerprint density at radius 1 is 1.43 bits per heavy atom. The minimum absolute atomic E-state index is 0.324. The van der Waals surface area contributed by atoms with E-state index < -0.39 is 0 Å². The van der Waals surface area contributed by atoms with Gasteiger partial charge in [-0.05, 0) is 25.2 Å². The number of nitrogens with zero attached hydrogens (tertiary/aromatic N) is 4. The van der Waals surface area contributed by atoms with Gasteiger partial charge in [-0.2, -0.15) is 9.61 Å². The van der Waals surface area contributed by atoms with Crippen LogP contribution in [0.5, 0.6) is 0 Å². The van der Waals surface area contributed by atoms with Crippen molar-refractivity contribution in [3.8, 4) is 0 Å². The predicted octanol–water partition coefficient (Wildman–Crippen LogP) is 2.86. The van der Waals surface area contributed by atoms with Crippen LogP contribution in [0.4, 0.5) is 5.82 Å². The number of rotatable bonds is 4. The third kappa shape index (κ3) is 3.02. The van der Waals surface area contributed by atoms with Gasteiger partial charge in [0.15, 0.2) is 5.65 Å². The van der Waals surface area contributed by atoms with Gasteiger partial charge in [0.1, 0.15) is 5.82 Å². The normalized spacial score (nSPS) is 19.3. The van der Waals surface area contributed by atoms with Gasteiger partial charge >= 0.3 is 0 Å². The van der Waals surface area contributed by atoms with Gasteiger partial charge in [0, 0.05) is 38.0 Å². The molecule has 2 aromatic rings. The predicted molar refractivity (Wildman–Crippen MR) is 83.9 cm³/mol. The molecule has 5 nitrogen and oxygen atoms in total. The van der Waals surface area contributed by atoms with Crippen molar-refractivity contribution in [3.63, 3.8) is 0 Å². The number of fused-ring (bicyclic) bond motifs is 1. The summed E-state index contributed by atoms with van der Waals surface area (Å²) in [5, 5.41) is 4.40. The van der Waals surface area contributed by atoms with Crippen LogP contribution < -0.4 is 4.90 Å². The van der Waals surface area contributed by atoms with Crippen LogP contribution in [-0.2, 0) is 4.74 Å². The zero-order chi connectivity index (χ0) is 14.8. The summed E-state index contributed by atoms with van der Waals surface area (Å²) < 4.78 is 7.77. The van der Waals surface area contributed by atoms with Crippen LogP contribution in [0.2, 0.25) is 0 Å². The largest absolute Gasteiger partial charge is 0.376 e. The van der Waals surface area contributed by atoms with Crippen molar-refractivity contribution in [1.29, 1.82) is 0 Å². The van der Waals surface area contributed by atoms with Gasteiger partial charge in [-0.15, -0.1) is 0 Å². The lowest BCUT2D eigenvalue weighted by Crippen LogP contribution is -2.34. The van der Waals surface area contributed by atoms with E-state index in [1.807, 2.05) is 10.6 Å². The molecule has 3 rings (SSSR count). The number of hydrogen-bond acceptors (Lipinski definition) is 4. The van der Waals surface area contributed by atoms with E-state index in [1.54, 1.807) is 6.20 Å². The second-order valence-corrected chi connectivity index (χ2v) is 6.16. The van der Waals surface area contributed by atoms with Gasteiger partial charge < -0.3 is 9.64 Å². The second kappa shape index (κ2) is 6.02. The van der Waals surface area contributed by atoms with Crippen molar-refractivity contribution < 1.29 is 4.74 Å². The first-order chi connectivity index (χ1) is 10.1. The highest BCUT2D eigenvalue weighted by molar-refractivity contribution is 5.51. The van der Waals surface area contributed by atoms with Crippen LogP contribution in [0, 0.1) is 0 Å². The molecular formula is C16H24N4O. The monoisotopic (exact) mass is 288 g/mol. The van der Waals surface area contributed by atoms with Crippen LogP contribution in [0.1, 0.15) is 44.7 Å². The Balaban J connectivity index is 1.88. The molecule has 0 bridgehead atoms. The lowest BCUT2D eigenvalue weighted by Gasteiger charge is -2.29. The van der Waals surface area contributed by atoms with Gasteiger partial charge in [-0.25, -0.2) is 4.98 Å². The maximum Gasteiger partial charge on any atom is 0.157 e. The molecule has 1 fully saturated rings. The van der Waals surface area contributed by atoms with E-state index in [1.165, 1.54) is 12.8 Å². The molecular weight excluding hydrogens is 264 g/mol. The highest BCUT2D eigenvalue weighted by Gasteiger charge is 2.19. The Kier molecular flexibility index (Phi) is 4.10. The highest BCUT2D eigenvalue weighted by atomic mass is 16.5. The van der Waals surface area contributed by atoms with Crippen LogP contribution in [-0.4, -0.2) is 40.9 Å². The molecule has 0 aliphatic carbocycles. The minimum Gasteiger partial charge on any atom is -0.376 e. The molecule has 3 heterocycles. The summed E-state index contributed by atoms with van der Waals surface area (Å²) in [5.41, 5.74) is 2.02. The molecule has 0 aromatic carbocycles. The average molecular weight is 288 g/mol. The maximum atomic E-state index is 5.85. The van der Waals surface area contributed by atoms with Crippen LogP contribution in [0.15, 0.2) is 18.3 Å². The van der Waals surface area contributed by atoms with Gasteiger partial charge in [-0.3, -0.25) is 0 Å². The molecule has 0 N–H and O–H groups in total. The fraction of sp³-hybridized carbons (Fsp3) is 0.625. The molecule has 0 spiro atoms. The van der Waals surface area contributed by atoms with Crippen molar-refractivity contribution in [2.45, 2.75) is 45.1 Å². The summed E-state index contributed by atoms with van der Waals surface area (Å²) in [5.74, 6) is 1.49. The summed E-state index contributed by atoms with van der Waals surface area (Å²) in [6.45, 7) is 6.13. The number of ether oxygens (including phenoxy) is 1. The SMILES string of the molecule is CC(C)c1cc(N(C)C[C@H]2CCCCO2)n2nccc2n1. The Labute approximate surface area is 125 Å². The minimum atomic E-state index is 0.324. The summed E-state index contributed by atoms with van der Waals surface area (Å²) in [6.07, 6.45) is 5.74. The van der Waals surface area contributed by atoms with Crippen LogP contribution in [0.3, 0.4) is 0 Å². The van der Waals surface area contributed by atoms with Crippen molar-refractivity contribution in [2.24, 2.45) is 0 Å². The van der Waals surface area contributed by atoms with E-state index in [-0.39, 0.29) is 0 Å². The van der Waals surface area contributed by atoms with Gasteiger partial charge in [0.05, 0.1) is 12.3 Å². The van der Waals surface area contributed by atoms with Crippen LogP contribution >= 0.6 is 0 Å². The fourth-order valence-corrected chi connectivity index (χ4v) is 2.83. The molecule has 114 valence electrons. The number of hydrogen-bond donors (Lipinski definition) is 0. The zero-order valence-corrected chi connectivity index (χ0v) is 13.1. The van der Waals surface area contributed by atoms with Gasteiger partial charge in [0.25, 0.3) is 0 Å². The fourth-order valence-electron chi connectivity index (χ4n) is 2.83. The van der Waals surface area contributed by atoms with Crippen LogP contribution in [0.25, 0.3) is 5.65 Å². The van der Waals surface area contributed by atoms with E-state index in [0.29, 0.717) is 12.0 Å². The molecule has 0 amide bonds. The molecule has 1 atom stereocenters. The number of likely N-dealkylation sites (N-methyl/N-ethyl adjacent to an activating group) is 1. The average Bonchev–Trinajstić information content (AvgIpc) is 2.95. The molecule has 21 heavy (non-hydrogen) atoms. The van der Waals surface area contributed by atoms with Gasteiger partial charge in [-0.1, -0.05) is 13.8 Å². The third-order valence-corrected chi connectivity index (χ3v) is 4.09. The number of anilines is 1. The van der Waals surface area contributed by atoms with E-state index in [2.05, 4.69) is 41.9 Å². The topological polar surface area (TPSA) is 42.7 Å². The number of aromatic nitrogens is 3. The molecule has 0 saturated carbocycles. The summed E-state index contributed by atoms with van der Waals surface area (Å²) in [4.78, 5) is 6.91. The molecule has 1 saturated heterocycles. The maximum absolute atomic E-state index is 5.85. The van der Waals surface area contributed by atoms with E-state index in [9.17, 15) is 0 Å².